The Morgan fingerprint density at radius 1 is 1.14 bits per heavy atom. The van der Waals surface area contributed by atoms with Gasteiger partial charge in [0.1, 0.15) is 11.1 Å². The molecule has 8 heteroatoms. The highest BCUT2D eigenvalue weighted by Crippen LogP contribution is 2.38. The van der Waals surface area contributed by atoms with Crippen LogP contribution in [0.3, 0.4) is 0 Å². The quantitative estimate of drug-likeness (QED) is 0.608. The van der Waals surface area contributed by atoms with Crippen molar-refractivity contribution in [2.45, 2.75) is 63.5 Å². The molecule has 0 aliphatic carbocycles. The van der Waals surface area contributed by atoms with Gasteiger partial charge in [0.15, 0.2) is 5.76 Å². The van der Waals surface area contributed by atoms with Crippen molar-refractivity contribution in [1.82, 2.24) is 20.0 Å². The Labute approximate surface area is 206 Å². The minimum absolute atomic E-state index is 0.0118. The van der Waals surface area contributed by atoms with E-state index in [4.69, 9.17) is 4.42 Å². The van der Waals surface area contributed by atoms with Crippen LogP contribution in [-0.4, -0.2) is 77.4 Å². The van der Waals surface area contributed by atoms with Crippen molar-refractivity contribution in [2.75, 3.05) is 33.2 Å². The van der Waals surface area contributed by atoms with E-state index in [1.165, 1.54) is 11.3 Å². The summed E-state index contributed by atoms with van der Waals surface area (Å²) >= 11 is 0. The number of nitrogens with one attached hydrogen (secondary N) is 1. The summed E-state index contributed by atoms with van der Waals surface area (Å²) in [7, 11) is 2.12. The molecular weight excluding hydrogens is 444 g/mol. The van der Waals surface area contributed by atoms with Crippen LogP contribution in [0.1, 0.15) is 62.4 Å². The van der Waals surface area contributed by atoms with E-state index in [9.17, 15) is 14.4 Å². The van der Waals surface area contributed by atoms with Crippen molar-refractivity contribution in [3.63, 3.8) is 0 Å². The van der Waals surface area contributed by atoms with Gasteiger partial charge in [0.25, 0.3) is 11.8 Å². The first-order chi connectivity index (χ1) is 16.9. The molecule has 8 nitrogen and oxygen atoms in total. The molecule has 188 valence electrons. The number of imide groups is 1. The Hall–Kier alpha value is -2.87. The van der Waals surface area contributed by atoms with Crippen LogP contribution in [0.2, 0.25) is 0 Å². The molecule has 3 fully saturated rings. The standard InChI is InChI=1S/C27H36N4O4/c1-3-13-27(25(33)31(26(34)28-27)17-12-21-8-6-14-29(21)2)20-10-15-30(16-11-20)24(32)23-18-19-7-4-5-9-22(19)35-23/h4-5,7,9,18,20-21H,3,6,8,10-17H2,1-2H3,(H,28,34). The minimum atomic E-state index is -0.859. The Morgan fingerprint density at radius 3 is 2.60 bits per heavy atom. The number of hydrogen-bond acceptors (Lipinski definition) is 5. The molecule has 3 aliphatic heterocycles. The second kappa shape index (κ2) is 9.64. The number of fused-ring (bicyclic) bond motifs is 1. The largest absolute Gasteiger partial charge is 0.451 e. The van der Waals surface area contributed by atoms with Crippen LogP contribution in [0.5, 0.6) is 0 Å². The van der Waals surface area contributed by atoms with Crippen LogP contribution < -0.4 is 5.32 Å². The normalized spacial score (nSPS) is 26.2. The fourth-order valence-electron chi connectivity index (χ4n) is 6.33. The van der Waals surface area contributed by atoms with Crippen molar-refractivity contribution < 1.29 is 18.8 Å². The molecule has 4 amide bonds. The molecule has 2 unspecified atom stereocenters. The fourth-order valence-corrected chi connectivity index (χ4v) is 6.33. The number of benzene rings is 1. The van der Waals surface area contributed by atoms with Crippen LogP contribution in [0.15, 0.2) is 34.7 Å². The number of furan rings is 1. The maximum absolute atomic E-state index is 13.7. The molecule has 4 heterocycles. The van der Waals surface area contributed by atoms with Crippen molar-refractivity contribution >= 4 is 28.8 Å². The van der Waals surface area contributed by atoms with E-state index < -0.39 is 5.54 Å². The third-order valence-corrected chi connectivity index (χ3v) is 8.32. The first-order valence-electron chi connectivity index (χ1n) is 13.0. The van der Waals surface area contributed by atoms with Crippen molar-refractivity contribution in [1.29, 1.82) is 0 Å². The number of amides is 4. The van der Waals surface area contributed by atoms with E-state index in [1.807, 2.05) is 29.2 Å². The molecule has 3 saturated heterocycles. The summed E-state index contributed by atoms with van der Waals surface area (Å²) in [4.78, 5) is 45.3. The summed E-state index contributed by atoms with van der Waals surface area (Å²) < 4.78 is 5.78. The Balaban J connectivity index is 1.25. The molecule has 1 aromatic heterocycles. The maximum Gasteiger partial charge on any atom is 0.325 e. The van der Waals surface area contributed by atoms with E-state index in [0.717, 1.165) is 31.2 Å². The number of carbonyl (C=O) groups excluding carboxylic acids is 3. The van der Waals surface area contributed by atoms with E-state index in [2.05, 4.69) is 24.2 Å². The van der Waals surface area contributed by atoms with Crippen LogP contribution in [-0.2, 0) is 4.79 Å². The van der Waals surface area contributed by atoms with Gasteiger partial charge in [0.2, 0.25) is 0 Å². The third-order valence-electron chi connectivity index (χ3n) is 8.32. The predicted octanol–water partition coefficient (Wildman–Crippen LogP) is 3.86. The van der Waals surface area contributed by atoms with Gasteiger partial charge in [-0.05, 0) is 70.2 Å². The predicted molar refractivity (Wildman–Crippen MR) is 133 cm³/mol. The molecule has 5 rings (SSSR count). The van der Waals surface area contributed by atoms with Gasteiger partial charge < -0.3 is 19.5 Å². The molecule has 1 N–H and O–H groups in total. The fraction of sp³-hybridized carbons (Fsp3) is 0.593. The molecule has 1 aromatic carbocycles. The summed E-state index contributed by atoms with van der Waals surface area (Å²) in [5.74, 6) is 0.166. The van der Waals surface area contributed by atoms with Gasteiger partial charge in [-0.1, -0.05) is 31.5 Å². The average Bonchev–Trinajstić information content (AvgIpc) is 3.54. The van der Waals surface area contributed by atoms with E-state index in [1.54, 1.807) is 6.07 Å². The number of piperidine rings is 1. The molecular formula is C27H36N4O4. The molecule has 0 radical (unpaired) electrons. The minimum Gasteiger partial charge on any atom is -0.451 e. The van der Waals surface area contributed by atoms with Gasteiger partial charge in [-0.2, -0.15) is 0 Å². The lowest BCUT2D eigenvalue weighted by atomic mass is 9.74. The molecule has 0 spiro atoms. The lowest BCUT2D eigenvalue weighted by Gasteiger charge is -2.40. The van der Waals surface area contributed by atoms with Crippen molar-refractivity contribution in [3.8, 4) is 0 Å². The molecule has 2 aromatic rings. The second-order valence-corrected chi connectivity index (χ2v) is 10.4. The number of carbonyl (C=O) groups is 3. The van der Waals surface area contributed by atoms with E-state index in [0.29, 0.717) is 56.3 Å². The van der Waals surface area contributed by atoms with Gasteiger partial charge in [-0.3, -0.25) is 14.5 Å². The van der Waals surface area contributed by atoms with E-state index >= 15 is 0 Å². The van der Waals surface area contributed by atoms with Gasteiger partial charge in [0, 0.05) is 31.1 Å². The highest BCUT2D eigenvalue weighted by Gasteiger charge is 2.55. The van der Waals surface area contributed by atoms with Gasteiger partial charge in [-0.15, -0.1) is 0 Å². The average molecular weight is 481 g/mol. The van der Waals surface area contributed by atoms with Crippen molar-refractivity contribution in [3.05, 3.63) is 36.1 Å². The number of nitrogens with zero attached hydrogens (tertiary/aromatic N) is 3. The second-order valence-electron chi connectivity index (χ2n) is 10.4. The number of para-hydroxylation sites is 1. The topological polar surface area (TPSA) is 86.1 Å². The van der Waals surface area contributed by atoms with E-state index in [-0.39, 0.29) is 23.8 Å². The zero-order chi connectivity index (χ0) is 24.6. The maximum atomic E-state index is 13.7. The Bertz CT molecular complexity index is 1070. The zero-order valence-electron chi connectivity index (χ0n) is 20.8. The SMILES string of the molecule is CCCC1(C2CCN(C(=O)c3cc4ccccc4o3)CC2)NC(=O)N(CCC2CCCN2C)C1=O. The van der Waals surface area contributed by atoms with Crippen LogP contribution in [0, 0.1) is 5.92 Å². The lowest BCUT2D eigenvalue weighted by Crippen LogP contribution is -2.56. The summed E-state index contributed by atoms with van der Waals surface area (Å²) in [6.45, 7) is 4.69. The number of urea groups is 1. The number of hydrogen-bond donors (Lipinski definition) is 1. The highest BCUT2D eigenvalue weighted by atomic mass is 16.3. The van der Waals surface area contributed by atoms with Gasteiger partial charge in [0.05, 0.1) is 0 Å². The van der Waals surface area contributed by atoms with Gasteiger partial charge in [-0.25, -0.2) is 4.79 Å². The summed E-state index contributed by atoms with van der Waals surface area (Å²) in [6.07, 6.45) is 5.91. The smallest absolute Gasteiger partial charge is 0.325 e. The Kier molecular flexibility index (Phi) is 6.57. The lowest BCUT2D eigenvalue weighted by molar-refractivity contribution is -0.134. The number of likely N-dealkylation sites (tertiary alicyclic amines) is 2. The molecule has 35 heavy (non-hydrogen) atoms. The summed E-state index contributed by atoms with van der Waals surface area (Å²) in [5, 5.41) is 4.03. The summed E-state index contributed by atoms with van der Waals surface area (Å²) in [5.41, 5.74) is -0.155. The van der Waals surface area contributed by atoms with Gasteiger partial charge >= 0.3 is 6.03 Å². The molecule has 3 aliphatic rings. The van der Waals surface area contributed by atoms with Crippen molar-refractivity contribution in [2.24, 2.45) is 5.92 Å². The summed E-state index contributed by atoms with van der Waals surface area (Å²) in [6, 6.07) is 9.57. The zero-order valence-corrected chi connectivity index (χ0v) is 20.8. The number of rotatable bonds is 7. The third kappa shape index (κ3) is 4.33. The first-order valence-corrected chi connectivity index (χ1v) is 13.0. The monoisotopic (exact) mass is 480 g/mol. The van der Waals surface area contributed by atoms with Crippen LogP contribution >= 0.6 is 0 Å². The highest BCUT2D eigenvalue weighted by molar-refractivity contribution is 6.07. The molecule has 0 bridgehead atoms. The first kappa shape index (κ1) is 23.9. The van der Waals surface area contributed by atoms with Crippen LogP contribution in [0.25, 0.3) is 11.0 Å². The Morgan fingerprint density at radius 2 is 1.91 bits per heavy atom. The molecule has 0 saturated carbocycles. The molecule has 2 atom stereocenters. The van der Waals surface area contributed by atoms with Crippen LogP contribution in [0.4, 0.5) is 4.79 Å².